The van der Waals surface area contributed by atoms with Gasteiger partial charge >= 0.3 is 0 Å². The van der Waals surface area contributed by atoms with Gasteiger partial charge in [-0.15, -0.1) is 11.3 Å². The molecule has 0 aliphatic carbocycles. The highest BCUT2D eigenvalue weighted by Crippen LogP contribution is 2.28. The summed E-state index contributed by atoms with van der Waals surface area (Å²) in [5.74, 6) is -0.372. The fourth-order valence-electron chi connectivity index (χ4n) is 0.879. The minimum atomic E-state index is -0.372. The first-order valence-corrected chi connectivity index (χ1v) is 5.05. The van der Waals surface area contributed by atoms with Gasteiger partial charge in [-0.25, -0.2) is 0 Å². The molecule has 1 heterocycles. The van der Waals surface area contributed by atoms with Gasteiger partial charge in [0.2, 0.25) is 5.91 Å². The Morgan fingerprint density at radius 3 is 2.83 bits per heavy atom. The molecule has 0 saturated heterocycles. The third-order valence-corrected chi connectivity index (χ3v) is 3.41. The van der Waals surface area contributed by atoms with E-state index in [9.17, 15) is 4.79 Å². The zero-order chi connectivity index (χ0) is 9.14. The van der Waals surface area contributed by atoms with Gasteiger partial charge < -0.3 is 11.5 Å². The summed E-state index contributed by atoms with van der Waals surface area (Å²) in [5.41, 5.74) is 10.7. The van der Waals surface area contributed by atoms with Crippen LogP contribution in [0.2, 0.25) is 0 Å². The molecule has 0 bridgehead atoms. The highest BCUT2D eigenvalue weighted by atomic mass is 79.9. The normalized spacial score (nSPS) is 12.8. The molecule has 3 nitrogen and oxygen atoms in total. The minimum absolute atomic E-state index is 0.194. The average molecular weight is 249 g/mol. The molecule has 1 rings (SSSR count). The summed E-state index contributed by atoms with van der Waals surface area (Å²) < 4.78 is 0.946. The van der Waals surface area contributed by atoms with E-state index in [4.69, 9.17) is 11.5 Å². The summed E-state index contributed by atoms with van der Waals surface area (Å²) in [6.45, 7) is 0. The standard InChI is InChI=1S/C7H9BrN2OS/c8-4-1-2-12-7(4)5(9)3-6(10)11/h1-2,5H,3,9H2,(H2,10,11)/t5-/m1/s1. The van der Waals surface area contributed by atoms with Crippen molar-refractivity contribution >= 4 is 33.2 Å². The molecule has 0 fully saturated rings. The Morgan fingerprint density at radius 1 is 1.75 bits per heavy atom. The second-order valence-electron chi connectivity index (χ2n) is 2.41. The van der Waals surface area contributed by atoms with Crippen LogP contribution in [0.5, 0.6) is 0 Å². The zero-order valence-electron chi connectivity index (χ0n) is 6.29. The highest BCUT2D eigenvalue weighted by Gasteiger charge is 2.13. The van der Waals surface area contributed by atoms with E-state index in [0.717, 1.165) is 9.35 Å². The Hall–Kier alpha value is -0.390. The monoisotopic (exact) mass is 248 g/mol. The fourth-order valence-corrected chi connectivity index (χ4v) is 2.55. The summed E-state index contributed by atoms with van der Waals surface area (Å²) in [7, 11) is 0. The van der Waals surface area contributed by atoms with Crippen LogP contribution < -0.4 is 11.5 Å². The van der Waals surface area contributed by atoms with E-state index in [2.05, 4.69) is 15.9 Å². The molecule has 4 N–H and O–H groups in total. The van der Waals surface area contributed by atoms with Gasteiger partial charge in [0.05, 0.1) is 0 Å². The van der Waals surface area contributed by atoms with E-state index < -0.39 is 0 Å². The predicted molar refractivity (Wildman–Crippen MR) is 52.8 cm³/mol. The van der Waals surface area contributed by atoms with Gasteiger partial charge in [-0.3, -0.25) is 4.79 Å². The number of halogens is 1. The quantitative estimate of drug-likeness (QED) is 0.849. The number of hydrogen-bond acceptors (Lipinski definition) is 3. The van der Waals surface area contributed by atoms with E-state index in [1.54, 1.807) is 0 Å². The Balaban J connectivity index is 2.71. The van der Waals surface area contributed by atoms with Gasteiger partial charge in [0.25, 0.3) is 0 Å². The van der Waals surface area contributed by atoms with E-state index in [-0.39, 0.29) is 18.4 Å². The molecule has 1 aromatic rings. The summed E-state index contributed by atoms with van der Waals surface area (Å²) in [6.07, 6.45) is 0.194. The van der Waals surface area contributed by atoms with Gasteiger partial charge in [0.1, 0.15) is 0 Å². The molecule has 0 aliphatic heterocycles. The third kappa shape index (κ3) is 2.30. The Kier molecular flexibility index (Phi) is 3.25. The van der Waals surface area contributed by atoms with Crippen molar-refractivity contribution in [2.75, 3.05) is 0 Å². The van der Waals surface area contributed by atoms with Gasteiger partial charge in [0, 0.05) is 21.8 Å². The van der Waals surface area contributed by atoms with Crippen molar-refractivity contribution in [3.63, 3.8) is 0 Å². The Morgan fingerprint density at radius 2 is 2.42 bits per heavy atom. The van der Waals surface area contributed by atoms with Crippen molar-refractivity contribution in [1.29, 1.82) is 0 Å². The maximum Gasteiger partial charge on any atom is 0.219 e. The average Bonchev–Trinajstić information content (AvgIpc) is 2.33. The van der Waals surface area contributed by atoms with Crippen molar-refractivity contribution in [1.82, 2.24) is 0 Å². The van der Waals surface area contributed by atoms with E-state index in [0.29, 0.717) is 0 Å². The SMILES string of the molecule is NC(=O)C[C@@H](N)c1sccc1Br. The van der Waals surface area contributed by atoms with Crippen molar-refractivity contribution in [3.8, 4) is 0 Å². The first-order chi connectivity index (χ1) is 5.61. The molecule has 0 radical (unpaired) electrons. The minimum Gasteiger partial charge on any atom is -0.370 e. The third-order valence-electron chi connectivity index (χ3n) is 1.40. The number of thiophene rings is 1. The van der Waals surface area contributed by atoms with E-state index >= 15 is 0 Å². The highest BCUT2D eigenvalue weighted by molar-refractivity contribution is 9.10. The van der Waals surface area contributed by atoms with E-state index in [1.807, 2.05) is 11.4 Å². The molecule has 1 atom stereocenters. The van der Waals surface area contributed by atoms with Crippen molar-refractivity contribution < 1.29 is 4.79 Å². The molecular weight excluding hydrogens is 240 g/mol. The summed E-state index contributed by atoms with van der Waals surface area (Å²) in [5, 5.41) is 1.92. The molecule has 12 heavy (non-hydrogen) atoms. The molecule has 66 valence electrons. The van der Waals surface area contributed by atoms with Crippen LogP contribution in [0, 0.1) is 0 Å². The fraction of sp³-hybridized carbons (Fsp3) is 0.286. The summed E-state index contributed by atoms with van der Waals surface area (Å²) in [4.78, 5) is 11.5. The number of carbonyl (C=O) groups is 1. The molecule has 0 aliphatic rings. The molecule has 1 aromatic heterocycles. The molecule has 5 heteroatoms. The van der Waals surface area contributed by atoms with Crippen molar-refractivity contribution in [3.05, 3.63) is 20.8 Å². The Bertz CT molecular complexity index is 287. The lowest BCUT2D eigenvalue weighted by molar-refractivity contribution is -0.118. The Labute approximate surface area is 82.9 Å². The van der Waals surface area contributed by atoms with Gasteiger partial charge in [-0.05, 0) is 27.4 Å². The van der Waals surface area contributed by atoms with Crippen LogP contribution >= 0.6 is 27.3 Å². The smallest absolute Gasteiger partial charge is 0.219 e. The molecule has 0 spiro atoms. The number of primary amides is 1. The first kappa shape index (κ1) is 9.70. The second-order valence-corrected chi connectivity index (χ2v) is 4.21. The zero-order valence-corrected chi connectivity index (χ0v) is 8.69. The van der Waals surface area contributed by atoms with Gasteiger partial charge in [-0.1, -0.05) is 0 Å². The molecule has 1 amide bonds. The molecule has 0 saturated carbocycles. The number of rotatable bonds is 3. The van der Waals surface area contributed by atoms with Crippen LogP contribution in [0.25, 0.3) is 0 Å². The lowest BCUT2D eigenvalue weighted by atomic mass is 10.2. The topological polar surface area (TPSA) is 69.1 Å². The van der Waals surface area contributed by atoms with Crippen LogP contribution in [0.3, 0.4) is 0 Å². The lowest BCUT2D eigenvalue weighted by Gasteiger charge is -2.06. The number of amides is 1. The lowest BCUT2D eigenvalue weighted by Crippen LogP contribution is -2.20. The predicted octanol–water partition coefficient (Wildman–Crippen LogP) is 1.39. The summed E-state index contributed by atoms with van der Waals surface area (Å²) >= 11 is 4.86. The van der Waals surface area contributed by atoms with Gasteiger partial charge in [0.15, 0.2) is 0 Å². The molecular formula is C7H9BrN2OS. The first-order valence-electron chi connectivity index (χ1n) is 3.38. The van der Waals surface area contributed by atoms with E-state index in [1.165, 1.54) is 11.3 Å². The van der Waals surface area contributed by atoms with Crippen LogP contribution in [0.1, 0.15) is 17.3 Å². The summed E-state index contributed by atoms with van der Waals surface area (Å²) in [6, 6.07) is 1.62. The maximum atomic E-state index is 10.5. The number of carbonyl (C=O) groups excluding carboxylic acids is 1. The molecule has 0 unspecified atom stereocenters. The van der Waals surface area contributed by atoms with Crippen molar-refractivity contribution in [2.45, 2.75) is 12.5 Å². The van der Waals surface area contributed by atoms with Crippen molar-refractivity contribution in [2.24, 2.45) is 11.5 Å². The van der Waals surface area contributed by atoms with Gasteiger partial charge in [-0.2, -0.15) is 0 Å². The largest absolute Gasteiger partial charge is 0.370 e. The van der Waals surface area contributed by atoms with Crippen LogP contribution in [-0.2, 0) is 4.79 Å². The number of hydrogen-bond donors (Lipinski definition) is 2. The van der Waals surface area contributed by atoms with Crippen LogP contribution in [-0.4, -0.2) is 5.91 Å². The van der Waals surface area contributed by atoms with Crippen LogP contribution in [0.15, 0.2) is 15.9 Å². The molecule has 0 aromatic carbocycles. The van der Waals surface area contributed by atoms with Crippen LogP contribution in [0.4, 0.5) is 0 Å². The second kappa shape index (κ2) is 4.02. The maximum absolute atomic E-state index is 10.5. The number of nitrogens with two attached hydrogens (primary N) is 2.